The average molecular weight is 273 g/mol. The second-order valence-corrected chi connectivity index (χ2v) is 3.68. The van der Waals surface area contributed by atoms with Gasteiger partial charge in [-0.25, -0.2) is 4.39 Å². The third kappa shape index (κ3) is 3.08. The monoisotopic (exact) mass is 272 g/mol. The van der Waals surface area contributed by atoms with Crippen LogP contribution in [0.5, 0.6) is 0 Å². The van der Waals surface area contributed by atoms with Gasteiger partial charge < -0.3 is 10.2 Å². The van der Waals surface area contributed by atoms with E-state index in [1.165, 1.54) is 0 Å². The Labute approximate surface area is 99.4 Å². The molecule has 0 radical (unpaired) electrons. The molecule has 1 rings (SSSR count). The lowest BCUT2D eigenvalue weighted by atomic mass is 10.0. The van der Waals surface area contributed by atoms with E-state index in [2.05, 4.69) is 0 Å². The van der Waals surface area contributed by atoms with Gasteiger partial charge in [0.1, 0.15) is 11.9 Å². The minimum atomic E-state index is -4.86. The highest BCUT2D eigenvalue weighted by Gasteiger charge is 2.36. The predicted molar refractivity (Wildman–Crippen MR) is 53.1 cm³/mol. The third-order valence-electron chi connectivity index (χ3n) is 2.18. The Kier molecular flexibility index (Phi) is 4.35. The molecule has 0 amide bonds. The van der Waals surface area contributed by atoms with E-state index >= 15 is 0 Å². The Bertz CT molecular complexity index is 394. The fourth-order valence-corrected chi connectivity index (χ4v) is 1.46. The highest BCUT2D eigenvalue weighted by Crippen LogP contribution is 2.34. The molecule has 1 aromatic carbocycles. The lowest BCUT2D eigenvalue weighted by Gasteiger charge is -2.18. The molecule has 0 heterocycles. The van der Waals surface area contributed by atoms with E-state index in [0.29, 0.717) is 6.07 Å². The van der Waals surface area contributed by atoms with Gasteiger partial charge in [-0.3, -0.25) is 0 Å². The standard InChI is InChI=1S/C10H9ClF4O2/c11-4-7(16)9(17)5-2-1-3-6(8(5)12)10(13,14)15/h1-3,7,9,16-17H,4H2. The van der Waals surface area contributed by atoms with Crippen LogP contribution in [0.25, 0.3) is 0 Å². The van der Waals surface area contributed by atoms with E-state index in [4.69, 9.17) is 16.7 Å². The molecule has 0 saturated carbocycles. The van der Waals surface area contributed by atoms with Crippen LogP contribution < -0.4 is 0 Å². The van der Waals surface area contributed by atoms with Gasteiger partial charge in [0.15, 0.2) is 0 Å². The number of halogens is 5. The van der Waals surface area contributed by atoms with Crippen molar-refractivity contribution in [1.29, 1.82) is 0 Å². The summed E-state index contributed by atoms with van der Waals surface area (Å²) >= 11 is 5.22. The third-order valence-corrected chi connectivity index (χ3v) is 2.49. The number of rotatable bonds is 3. The maximum absolute atomic E-state index is 13.5. The molecule has 0 bridgehead atoms. The van der Waals surface area contributed by atoms with Crippen LogP contribution in [-0.4, -0.2) is 22.2 Å². The second-order valence-electron chi connectivity index (χ2n) is 3.37. The normalized spacial score (nSPS) is 15.7. The molecule has 0 saturated heterocycles. The van der Waals surface area contributed by atoms with Gasteiger partial charge in [0, 0.05) is 5.56 Å². The first kappa shape index (κ1) is 14.2. The Morgan fingerprint density at radius 2 is 1.82 bits per heavy atom. The molecule has 2 nitrogen and oxygen atoms in total. The molecule has 0 aliphatic heterocycles. The summed E-state index contributed by atoms with van der Waals surface area (Å²) in [6.07, 6.45) is -8.18. The van der Waals surface area contributed by atoms with Crippen LogP contribution in [0.15, 0.2) is 18.2 Å². The fourth-order valence-electron chi connectivity index (χ4n) is 1.29. The maximum Gasteiger partial charge on any atom is 0.419 e. The van der Waals surface area contributed by atoms with E-state index in [1.807, 2.05) is 0 Å². The zero-order valence-electron chi connectivity index (χ0n) is 8.38. The van der Waals surface area contributed by atoms with Crippen molar-refractivity contribution >= 4 is 11.6 Å². The van der Waals surface area contributed by atoms with Crippen LogP contribution in [0, 0.1) is 5.82 Å². The number of hydrogen-bond acceptors (Lipinski definition) is 2. The maximum atomic E-state index is 13.5. The predicted octanol–water partition coefficient (Wildman–Crippen LogP) is 2.48. The number of alkyl halides is 4. The van der Waals surface area contributed by atoms with Gasteiger partial charge in [-0.1, -0.05) is 12.1 Å². The highest BCUT2D eigenvalue weighted by atomic mass is 35.5. The molecular formula is C10H9ClF4O2. The van der Waals surface area contributed by atoms with Crippen LogP contribution >= 0.6 is 11.6 Å². The summed E-state index contributed by atoms with van der Waals surface area (Å²) in [5.74, 6) is -2.02. The molecule has 2 N–H and O–H groups in total. The molecule has 0 aliphatic carbocycles. The summed E-state index contributed by atoms with van der Waals surface area (Å²) in [6.45, 7) is 0. The number of aliphatic hydroxyl groups is 2. The van der Waals surface area contributed by atoms with E-state index in [1.54, 1.807) is 0 Å². The molecule has 96 valence electrons. The van der Waals surface area contributed by atoms with Crippen molar-refractivity contribution < 1.29 is 27.8 Å². The van der Waals surface area contributed by atoms with Crippen molar-refractivity contribution in [2.75, 3.05) is 5.88 Å². The van der Waals surface area contributed by atoms with Gasteiger partial charge in [0.05, 0.1) is 17.5 Å². The first-order valence-corrected chi connectivity index (χ1v) is 5.10. The zero-order valence-corrected chi connectivity index (χ0v) is 9.13. The highest BCUT2D eigenvalue weighted by molar-refractivity contribution is 6.18. The summed E-state index contributed by atoms with van der Waals surface area (Å²) in [5, 5.41) is 18.6. The van der Waals surface area contributed by atoms with Gasteiger partial charge >= 0.3 is 6.18 Å². The van der Waals surface area contributed by atoms with Gasteiger partial charge in [-0.05, 0) is 6.07 Å². The van der Waals surface area contributed by atoms with Crippen LogP contribution in [0.3, 0.4) is 0 Å². The van der Waals surface area contributed by atoms with E-state index in [9.17, 15) is 22.7 Å². The quantitative estimate of drug-likeness (QED) is 0.655. The topological polar surface area (TPSA) is 40.5 Å². The molecule has 2 unspecified atom stereocenters. The van der Waals surface area contributed by atoms with Crippen molar-refractivity contribution in [3.05, 3.63) is 35.1 Å². The van der Waals surface area contributed by atoms with Crippen molar-refractivity contribution in [2.24, 2.45) is 0 Å². The Balaban J connectivity index is 3.19. The fraction of sp³-hybridized carbons (Fsp3) is 0.400. The van der Waals surface area contributed by atoms with Crippen LogP contribution in [0.2, 0.25) is 0 Å². The van der Waals surface area contributed by atoms with E-state index in [0.717, 1.165) is 12.1 Å². The molecule has 0 spiro atoms. The number of benzene rings is 1. The molecule has 0 fully saturated rings. The zero-order chi connectivity index (χ0) is 13.2. The van der Waals surface area contributed by atoms with E-state index in [-0.39, 0.29) is 0 Å². The SMILES string of the molecule is OC(CCl)C(O)c1cccc(C(F)(F)F)c1F. The first-order valence-electron chi connectivity index (χ1n) is 4.56. The minimum Gasteiger partial charge on any atom is -0.389 e. The summed E-state index contributed by atoms with van der Waals surface area (Å²) in [4.78, 5) is 0. The van der Waals surface area contributed by atoms with Gasteiger partial charge in [0.2, 0.25) is 0 Å². The van der Waals surface area contributed by atoms with Crippen LogP contribution in [0.1, 0.15) is 17.2 Å². The molecule has 0 aliphatic rings. The summed E-state index contributed by atoms with van der Waals surface area (Å²) in [6, 6.07) is 2.47. The van der Waals surface area contributed by atoms with Crippen LogP contribution in [-0.2, 0) is 6.18 Å². The molecule has 0 aromatic heterocycles. The Morgan fingerprint density at radius 3 is 2.29 bits per heavy atom. The van der Waals surface area contributed by atoms with Crippen molar-refractivity contribution in [1.82, 2.24) is 0 Å². The van der Waals surface area contributed by atoms with Crippen LogP contribution in [0.4, 0.5) is 17.6 Å². The summed E-state index contributed by atoms with van der Waals surface area (Å²) in [5.41, 5.74) is -2.12. The van der Waals surface area contributed by atoms with Crippen molar-refractivity contribution in [3.8, 4) is 0 Å². The van der Waals surface area contributed by atoms with Gasteiger partial charge in [-0.2, -0.15) is 13.2 Å². The average Bonchev–Trinajstić information content (AvgIpc) is 2.25. The molecule has 2 atom stereocenters. The second kappa shape index (κ2) is 5.20. The Morgan fingerprint density at radius 1 is 1.24 bits per heavy atom. The molecule has 1 aromatic rings. The lowest BCUT2D eigenvalue weighted by Crippen LogP contribution is -2.22. The van der Waals surface area contributed by atoms with Gasteiger partial charge in [-0.15, -0.1) is 11.6 Å². The largest absolute Gasteiger partial charge is 0.419 e. The lowest BCUT2D eigenvalue weighted by molar-refractivity contribution is -0.140. The molecule has 7 heteroatoms. The summed E-state index contributed by atoms with van der Waals surface area (Å²) in [7, 11) is 0. The Hall–Kier alpha value is -0.850. The smallest absolute Gasteiger partial charge is 0.389 e. The van der Waals surface area contributed by atoms with Crippen molar-refractivity contribution in [3.63, 3.8) is 0 Å². The number of aliphatic hydroxyl groups excluding tert-OH is 2. The molecular weight excluding hydrogens is 264 g/mol. The first-order chi connectivity index (χ1) is 7.79. The number of hydrogen-bond donors (Lipinski definition) is 2. The van der Waals surface area contributed by atoms with E-state index < -0.39 is 41.2 Å². The molecule has 17 heavy (non-hydrogen) atoms. The van der Waals surface area contributed by atoms with Gasteiger partial charge in [0.25, 0.3) is 0 Å². The minimum absolute atomic E-state index is 0.420. The summed E-state index contributed by atoms with van der Waals surface area (Å²) < 4.78 is 50.6. The van der Waals surface area contributed by atoms with Crippen molar-refractivity contribution in [2.45, 2.75) is 18.4 Å².